The van der Waals surface area contributed by atoms with Gasteiger partial charge in [-0.2, -0.15) is 13.2 Å². The van der Waals surface area contributed by atoms with E-state index in [1.165, 1.54) is 0 Å². The zero-order valence-corrected chi connectivity index (χ0v) is 9.81. The molecule has 0 spiro atoms. The Bertz CT molecular complexity index is 291. The molecular formula is C3H2Cl4F3NO2S. The van der Waals surface area contributed by atoms with E-state index in [2.05, 4.69) is 0 Å². The SMILES string of the molecule is O=S(=O)(N(Cl)C(Cl)C(Cl)Cl)C(F)(F)F. The number of hydrogen-bond donors (Lipinski definition) is 0. The Balaban J connectivity index is 4.96. The predicted molar refractivity (Wildman–Crippen MR) is 47.8 cm³/mol. The first-order chi connectivity index (χ1) is 6.01. The summed E-state index contributed by atoms with van der Waals surface area (Å²) >= 11 is 20.0. The molecule has 0 saturated heterocycles. The normalized spacial score (nSPS) is 16.4. The highest BCUT2D eigenvalue weighted by Crippen LogP contribution is 2.33. The van der Waals surface area contributed by atoms with Crippen LogP contribution >= 0.6 is 46.6 Å². The zero-order chi connectivity index (χ0) is 11.7. The lowest BCUT2D eigenvalue weighted by molar-refractivity contribution is -0.0470. The highest BCUT2D eigenvalue weighted by atomic mass is 35.5. The molecule has 0 bridgehead atoms. The summed E-state index contributed by atoms with van der Waals surface area (Å²) in [7, 11) is -5.72. The van der Waals surface area contributed by atoms with Crippen molar-refractivity contribution in [3.63, 3.8) is 0 Å². The second-order valence-electron chi connectivity index (χ2n) is 1.90. The van der Waals surface area contributed by atoms with Gasteiger partial charge in [0.1, 0.15) is 10.3 Å². The van der Waals surface area contributed by atoms with E-state index in [-0.39, 0.29) is 0 Å². The summed E-state index contributed by atoms with van der Waals surface area (Å²) in [4.78, 5) is -1.59. The van der Waals surface area contributed by atoms with Crippen LogP contribution in [0.2, 0.25) is 0 Å². The van der Waals surface area contributed by atoms with E-state index < -0.39 is 29.7 Å². The van der Waals surface area contributed by atoms with E-state index >= 15 is 0 Å². The molecule has 0 heterocycles. The van der Waals surface area contributed by atoms with Crippen LogP contribution < -0.4 is 0 Å². The van der Waals surface area contributed by atoms with E-state index in [0.717, 1.165) is 0 Å². The average molecular weight is 315 g/mol. The number of sulfonamides is 1. The van der Waals surface area contributed by atoms with Crippen LogP contribution in [0.5, 0.6) is 0 Å². The van der Waals surface area contributed by atoms with Crippen molar-refractivity contribution in [2.75, 3.05) is 0 Å². The summed E-state index contributed by atoms with van der Waals surface area (Å²) in [6.45, 7) is 0. The van der Waals surface area contributed by atoms with Gasteiger partial charge < -0.3 is 0 Å². The van der Waals surface area contributed by atoms with Gasteiger partial charge in [-0.1, -0.05) is 3.82 Å². The largest absolute Gasteiger partial charge is 0.512 e. The van der Waals surface area contributed by atoms with Gasteiger partial charge in [-0.3, -0.25) is 0 Å². The molecular weight excluding hydrogens is 313 g/mol. The van der Waals surface area contributed by atoms with Crippen LogP contribution in [-0.4, -0.2) is 28.1 Å². The number of hydrogen-bond acceptors (Lipinski definition) is 2. The van der Waals surface area contributed by atoms with Crippen LogP contribution in [0.3, 0.4) is 0 Å². The van der Waals surface area contributed by atoms with Gasteiger partial charge in [0.15, 0.2) is 0 Å². The Hall–Kier alpha value is 0.860. The molecule has 0 aliphatic heterocycles. The topological polar surface area (TPSA) is 37.4 Å². The van der Waals surface area contributed by atoms with Crippen LogP contribution in [0.25, 0.3) is 0 Å². The summed E-state index contributed by atoms with van der Waals surface area (Å²) in [5, 5.41) is 0. The Morgan fingerprint density at radius 2 is 1.50 bits per heavy atom. The lowest BCUT2D eigenvalue weighted by atomic mass is 10.8. The molecule has 0 radical (unpaired) electrons. The quantitative estimate of drug-likeness (QED) is 0.456. The Kier molecular flexibility index (Phi) is 5.09. The molecule has 0 aromatic carbocycles. The van der Waals surface area contributed by atoms with Crippen molar-refractivity contribution in [3.05, 3.63) is 0 Å². The molecule has 1 unspecified atom stereocenters. The standard InChI is InChI=1S/C3H2Cl4F3NO2S/c4-1(5)2(6)11(7)14(12,13)3(8,9)10/h1-2H. The predicted octanol–water partition coefficient (Wildman–Crippen LogP) is 2.66. The van der Waals surface area contributed by atoms with Gasteiger partial charge >= 0.3 is 15.5 Å². The number of rotatable bonds is 3. The van der Waals surface area contributed by atoms with Gasteiger partial charge in [0.25, 0.3) is 0 Å². The van der Waals surface area contributed by atoms with Crippen molar-refractivity contribution in [2.45, 2.75) is 15.8 Å². The minimum atomic E-state index is -5.72. The molecule has 0 aliphatic rings. The average Bonchev–Trinajstić information content (AvgIpc) is 1.99. The van der Waals surface area contributed by atoms with Crippen LogP contribution in [0.4, 0.5) is 13.2 Å². The van der Waals surface area contributed by atoms with Crippen molar-refractivity contribution < 1.29 is 21.6 Å². The lowest BCUT2D eigenvalue weighted by Crippen LogP contribution is -2.41. The number of alkyl halides is 6. The molecule has 0 aliphatic carbocycles. The summed E-state index contributed by atoms with van der Waals surface area (Å²) in [5.41, 5.74) is -7.46. The van der Waals surface area contributed by atoms with Crippen molar-refractivity contribution in [1.29, 1.82) is 0 Å². The van der Waals surface area contributed by atoms with Gasteiger partial charge in [0.05, 0.1) is 0 Å². The van der Waals surface area contributed by atoms with Gasteiger partial charge in [0.2, 0.25) is 0 Å². The maximum atomic E-state index is 11.8. The van der Waals surface area contributed by atoms with Crippen LogP contribution in [-0.2, 0) is 10.0 Å². The molecule has 0 saturated carbocycles. The number of halogens is 7. The molecule has 86 valence electrons. The van der Waals surface area contributed by atoms with Gasteiger partial charge in [-0.15, -0.1) is 34.8 Å². The monoisotopic (exact) mass is 313 g/mol. The Morgan fingerprint density at radius 3 is 1.71 bits per heavy atom. The highest BCUT2D eigenvalue weighted by molar-refractivity contribution is 7.90. The molecule has 1 atom stereocenters. The molecule has 0 amide bonds. The van der Waals surface area contributed by atoms with Crippen molar-refractivity contribution in [1.82, 2.24) is 3.82 Å². The van der Waals surface area contributed by atoms with E-state index in [4.69, 9.17) is 46.6 Å². The van der Waals surface area contributed by atoms with Crippen LogP contribution in [0, 0.1) is 0 Å². The fourth-order valence-electron chi connectivity index (χ4n) is 0.320. The number of nitrogens with zero attached hydrogens (tertiary/aromatic N) is 1. The second-order valence-corrected chi connectivity index (χ2v) is 5.88. The first-order valence-electron chi connectivity index (χ1n) is 2.70. The third kappa shape index (κ3) is 3.18. The van der Waals surface area contributed by atoms with Gasteiger partial charge in [-0.05, 0) is 11.8 Å². The van der Waals surface area contributed by atoms with E-state index in [9.17, 15) is 21.6 Å². The Morgan fingerprint density at radius 1 is 1.14 bits per heavy atom. The van der Waals surface area contributed by atoms with Gasteiger partial charge in [0, 0.05) is 0 Å². The summed E-state index contributed by atoms with van der Waals surface area (Å²) in [6, 6.07) is 0. The smallest absolute Gasteiger partial charge is 0.201 e. The highest BCUT2D eigenvalue weighted by Gasteiger charge is 2.52. The molecule has 0 aromatic heterocycles. The third-order valence-electron chi connectivity index (χ3n) is 0.924. The molecule has 11 heteroatoms. The van der Waals surface area contributed by atoms with Gasteiger partial charge in [-0.25, -0.2) is 8.42 Å². The molecule has 0 N–H and O–H groups in total. The zero-order valence-electron chi connectivity index (χ0n) is 5.97. The fraction of sp³-hybridized carbons (Fsp3) is 1.00. The van der Waals surface area contributed by atoms with Crippen molar-refractivity contribution >= 4 is 56.6 Å². The minimum absolute atomic E-state index is 0.667. The van der Waals surface area contributed by atoms with Crippen molar-refractivity contribution in [2.24, 2.45) is 0 Å². The van der Waals surface area contributed by atoms with E-state index in [0.29, 0.717) is 0 Å². The molecule has 3 nitrogen and oxygen atoms in total. The first-order valence-corrected chi connectivity index (χ1v) is 5.79. The van der Waals surface area contributed by atoms with Crippen LogP contribution in [0.1, 0.15) is 0 Å². The maximum Gasteiger partial charge on any atom is 0.512 e. The minimum Gasteiger partial charge on any atom is -0.201 e. The summed E-state index contributed by atoms with van der Waals surface area (Å²) < 4.78 is 56.0. The second kappa shape index (κ2) is 4.80. The molecule has 0 fully saturated rings. The first kappa shape index (κ1) is 14.9. The molecule has 0 rings (SSSR count). The Labute approximate surface area is 97.8 Å². The fourth-order valence-corrected chi connectivity index (χ4v) is 2.04. The lowest BCUT2D eigenvalue weighted by Gasteiger charge is -2.21. The summed E-state index contributed by atoms with van der Waals surface area (Å²) in [6.07, 6.45) is 0. The van der Waals surface area contributed by atoms with E-state index in [1.54, 1.807) is 0 Å². The maximum absolute atomic E-state index is 11.8. The molecule has 0 aromatic rings. The van der Waals surface area contributed by atoms with E-state index in [1.807, 2.05) is 0 Å². The summed E-state index contributed by atoms with van der Waals surface area (Å²) in [5.74, 6) is 0. The molecule has 14 heavy (non-hydrogen) atoms. The van der Waals surface area contributed by atoms with Crippen molar-refractivity contribution in [3.8, 4) is 0 Å². The third-order valence-corrected chi connectivity index (χ3v) is 4.35. The van der Waals surface area contributed by atoms with Crippen LogP contribution in [0.15, 0.2) is 0 Å².